The molecule has 1 aliphatic rings. The van der Waals surface area contributed by atoms with Gasteiger partial charge in [0.1, 0.15) is 0 Å². The van der Waals surface area contributed by atoms with E-state index in [1.807, 2.05) is 59.2 Å². The molecule has 0 fully saturated rings. The van der Waals surface area contributed by atoms with E-state index in [0.717, 1.165) is 34.6 Å². The number of rotatable bonds is 3. The minimum absolute atomic E-state index is 0.0143. The lowest BCUT2D eigenvalue weighted by Gasteiger charge is -2.29. The van der Waals surface area contributed by atoms with Crippen LogP contribution in [-0.4, -0.2) is 37.5 Å². The summed E-state index contributed by atoms with van der Waals surface area (Å²) in [6.45, 7) is 8.04. The number of nitrogens with zero attached hydrogens (tertiary/aromatic N) is 4. The number of carbonyl (C=O) groups is 1. The molecule has 0 aliphatic carbocycles. The Bertz CT molecular complexity index is 986. The molecular formula is C21H26N6O. The fourth-order valence-corrected chi connectivity index (χ4v) is 3.80. The molecule has 0 spiro atoms. The third-order valence-corrected chi connectivity index (χ3v) is 5.12. The summed E-state index contributed by atoms with van der Waals surface area (Å²) in [5.74, 6) is 0. The molecule has 28 heavy (non-hydrogen) atoms. The van der Waals surface area contributed by atoms with Crippen LogP contribution in [0.15, 0.2) is 42.7 Å². The minimum Gasteiger partial charge on any atom is -0.334 e. The largest absolute Gasteiger partial charge is 0.334 e. The molecule has 2 aromatic heterocycles. The Labute approximate surface area is 164 Å². The number of aromatic amines is 1. The monoisotopic (exact) mass is 378 g/mol. The van der Waals surface area contributed by atoms with E-state index in [0.29, 0.717) is 19.6 Å². The maximum absolute atomic E-state index is 13.0. The van der Waals surface area contributed by atoms with Crippen LogP contribution in [0.3, 0.4) is 0 Å². The van der Waals surface area contributed by atoms with Crippen LogP contribution in [0.4, 0.5) is 4.79 Å². The summed E-state index contributed by atoms with van der Waals surface area (Å²) in [6.07, 6.45) is 4.65. The van der Waals surface area contributed by atoms with E-state index in [-0.39, 0.29) is 11.4 Å². The van der Waals surface area contributed by atoms with Gasteiger partial charge in [-0.2, -0.15) is 10.2 Å². The maximum atomic E-state index is 13.0. The van der Waals surface area contributed by atoms with Crippen LogP contribution < -0.4 is 5.32 Å². The number of hydrogen-bond acceptors (Lipinski definition) is 3. The van der Waals surface area contributed by atoms with Gasteiger partial charge in [0.05, 0.1) is 24.1 Å². The van der Waals surface area contributed by atoms with Crippen molar-refractivity contribution in [2.24, 2.45) is 5.41 Å². The van der Waals surface area contributed by atoms with Gasteiger partial charge in [0.25, 0.3) is 0 Å². The van der Waals surface area contributed by atoms with Gasteiger partial charge in [0.15, 0.2) is 0 Å². The predicted molar refractivity (Wildman–Crippen MR) is 107 cm³/mol. The van der Waals surface area contributed by atoms with Gasteiger partial charge in [0.2, 0.25) is 0 Å². The lowest BCUT2D eigenvalue weighted by molar-refractivity contribution is 0.168. The molecule has 0 unspecified atom stereocenters. The zero-order valence-electron chi connectivity index (χ0n) is 16.6. The summed E-state index contributed by atoms with van der Waals surface area (Å²) in [4.78, 5) is 14.8. The van der Waals surface area contributed by atoms with E-state index in [9.17, 15) is 4.79 Å². The van der Waals surface area contributed by atoms with Crippen LogP contribution >= 0.6 is 0 Å². The molecule has 4 rings (SSSR count). The van der Waals surface area contributed by atoms with Crippen LogP contribution in [0, 0.1) is 12.3 Å². The molecule has 2 N–H and O–H groups in total. The van der Waals surface area contributed by atoms with Crippen molar-refractivity contribution in [1.82, 2.24) is 30.2 Å². The molecule has 0 atom stereocenters. The first-order valence-corrected chi connectivity index (χ1v) is 9.56. The highest BCUT2D eigenvalue weighted by Crippen LogP contribution is 2.29. The summed E-state index contributed by atoms with van der Waals surface area (Å²) < 4.78 is 1.85. The van der Waals surface area contributed by atoms with Crippen molar-refractivity contribution in [3.8, 4) is 5.69 Å². The molecular weight excluding hydrogens is 352 g/mol. The van der Waals surface area contributed by atoms with Crippen LogP contribution in [0.2, 0.25) is 0 Å². The molecule has 7 heteroatoms. The number of H-pyrrole nitrogens is 1. The van der Waals surface area contributed by atoms with E-state index < -0.39 is 0 Å². The Morgan fingerprint density at radius 1 is 1.29 bits per heavy atom. The van der Waals surface area contributed by atoms with Crippen LogP contribution in [-0.2, 0) is 19.5 Å². The number of aryl methyl sites for hydroxylation is 1. The van der Waals surface area contributed by atoms with Crippen molar-refractivity contribution >= 4 is 6.03 Å². The first-order chi connectivity index (χ1) is 13.4. The van der Waals surface area contributed by atoms with Crippen LogP contribution in [0.25, 0.3) is 5.69 Å². The zero-order chi connectivity index (χ0) is 19.7. The van der Waals surface area contributed by atoms with Gasteiger partial charge in [-0.05, 0) is 36.5 Å². The minimum atomic E-state index is -0.0615. The van der Waals surface area contributed by atoms with Crippen molar-refractivity contribution in [3.05, 3.63) is 65.2 Å². The van der Waals surface area contributed by atoms with Crippen LogP contribution in [0.5, 0.6) is 0 Å². The fourth-order valence-electron chi connectivity index (χ4n) is 3.80. The third-order valence-electron chi connectivity index (χ3n) is 5.12. The highest BCUT2D eigenvalue weighted by molar-refractivity contribution is 5.74. The van der Waals surface area contributed by atoms with Crippen molar-refractivity contribution < 1.29 is 4.79 Å². The highest BCUT2D eigenvalue weighted by Gasteiger charge is 2.31. The molecule has 7 nitrogen and oxygen atoms in total. The maximum Gasteiger partial charge on any atom is 0.317 e. The number of urea groups is 1. The summed E-state index contributed by atoms with van der Waals surface area (Å²) in [6, 6.07) is 9.91. The van der Waals surface area contributed by atoms with Crippen LogP contribution in [0.1, 0.15) is 36.4 Å². The van der Waals surface area contributed by atoms with Gasteiger partial charge in [-0.25, -0.2) is 9.48 Å². The molecule has 0 bridgehead atoms. The number of fused-ring (bicyclic) bond motifs is 1. The van der Waals surface area contributed by atoms with Crippen molar-refractivity contribution in [2.45, 2.75) is 40.3 Å². The average Bonchev–Trinajstić information content (AvgIpc) is 3.25. The van der Waals surface area contributed by atoms with E-state index in [1.165, 1.54) is 0 Å². The van der Waals surface area contributed by atoms with Gasteiger partial charge in [-0.3, -0.25) is 5.10 Å². The lowest BCUT2D eigenvalue weighted by atomic mass is 9.88. The first kappa shape index (κ1) is 18.3. The topological polar surface area (TPSA) is 78.8 Å². The fraction of sp³-hybridized carbons (Fsp3) is 0.381. The molecule has 146 valence electrons. The van der Waals surface area contributed by atoms with Gasteiger partial charge in [-0.1, -0.05) is 32.0 Å². The Hall–Kier alpha value is -3.09. The second kappa shape index (κ2) is 7.14. The average molecular weight is 378 g/mol. The molecule has 0 radical (unpaired) electrons. The number of amides is 2. The van der Waals surface area contributed by atoms with Gasteiger partial charge in [-0.15, -0.1) is 0 Å². The molecule has 3 heterocycles. The predicted octanol–water partition coefficient (Wildman–Crippen LogP) is 3.20. The Morgan fingerprint density at radius 3 is 2.89 bits per heavy atom. The van der Waals surface area contributed by atoms with Gasteiger partial charge in [0, 0.05) is 30.5 Å². The second-order valence-electron chi connectivity index (χ2n) is 8.26. The summed E-state index contributed by atoms with van der Waals surface area (Å²) in [5, 5.41) is 14.8. The molecule has 1 aliphatic heterocycles. The van der Waals surface area contributed by atoms with Crippen molar-refractivity contribution in [1.29, 1.82) is 0 Å². The molecule has 0 saturated heterocycles. The van der Waals surface area contributed by atoms with Gasteiger partial charge >= 0.3 is 6.03 Å². The summed E-state index contributed by atoms with van der Waals surface area (Å²) >= 11 is 0. The SMILES string of the molecule is Cc1ccn(-c2ccccc2CNC(=O)N2Cc3cn[nH]c3CC(C)(C)C2)n1. The Balaban J connectivity index is 1.49. The second-order valence-corrected chi connectivity index (χ2v) is 8.26. The molecule has 2 amide bonds. The Morgan fingerprint density at radius 2 is 2.11 bits per heavy atom. The Kier molecular flexibility index (Phi) is 4.66. The zero-order valence-corrected chi connectivity index (χ0v) is 16.6. The number of aromatic nitrogens is 4. The quantitative estimate of drug-likeness (QED) is 0.735. The van der Waals surface area contributed by atoms with E-state index in [2.05, 4.69) is 34.5 Å². The van der Waals surface area contributed by atoms with E-state index in [4.69, 9.17) is 0 Å². The molecule has 1 aromatic carbocycles. The van der Waals surface area contributed by atoms with Crippen molar-refractivity contribution in [3.63, 3.8) is 0 Å². The molecule has 3 aromatic rings. The number of carbonyl (C=O) groups excluding carboxylic acids is 1. The normalized spacial score (nSPS) is 15.8. The van der Waals surface area contributed by atoms with Gasteiger partial charge < -0.3 is 10.2 Å². The third kappa shape index (κ3) is 3.78. The number of nitrogens with one attached hydrogen (secondary N) is 2. The number of hydrogen-bond donors (Lipinski definition) is 2. The van der Waals surface area contributed by atoms with Crippen molar-refractivity contribution in [2.75, 3.05) is 6.54 Å². The lowest BCUT2D eigenvalue weighted by Crippen LogP contribution is -2.43. The smallest absolute Gasteiger partial charge is 0.317 e. The molecule has 0 saturated carbocycles. The van der Waals surface area contributed by atoms with E-state index in [1.54, 1.807) is 0 Å². The number of benzene rings is 1. The highest BCUT2D eigenvalue weighted by atomic mass is 16.2. The standard InChI is InChI=1S/C21H26N6O/c1-15-8-9-27(25-15)19-7-5-4-6-16(19)11-22-20(28)26-13-17-12-23-24-18(17)10-21(2,3)14-26/h4-9,12H,10-11,13-14H2,1-3H3,(H,22,28)(H,23,24). The summed E-state index contributed by atoms with van der Waals surface area (Å²) in [5.41, 5.74) is 5.16. The number of para-hydroxylation sites is 1. The first-order valence-electron chi connectivity index (χ1n) is 9.56. The van der Waals surface area contributed by atoms with E-state index >= 15 is 0 Å². The summed E-state index contributed by atoms with van der Waals surface area (Å²) in [7, 11) is 0.